The van der Waals surface area contributed by atoms with Crippen LogP contribution in [0.4, 0.5) is 17.1 Å². The second-order valence-electron chi connectivity index (χ2n) is 9.51. The zero-order valence-electron chi connectivity index (χ0n) is 23.5. The summed E-state index contributed by atoms with van der Waals surface area (Å²) in [5, 5.41) is 19.2. The molecule has 4 aromatic carbocycles. The second-order valence-corrected chi connectivity index (χ2v) is 11.7. The highest BCUT2D eigenvalue weighted by Crippen LogP contribution is 2.29. The lowest BCUT2D eigenvalue weighted by atomic mass is 10.1. The monoisotopic (exact) mass is 648 g/mol. The number of halogens is 2. The van der Waals surface area contributed by atoms with Crippen LogP contribution in [-0.4, -0.2) is 27.9 Å². The van der Waals surface area contributed by atoms with Gasteiger partial charge in [0.15, 0.2) is 0 Å². The summed E-state index contributed by atoms with van der Waals surface area (Å²) < 4.78 is 0. The van der Waals surface area contributed by atoms with E-state index in [1.165, 1.54) is 36.0 Å². The predicted octanol–water partition coefficient (Wildman–Crippen LogP) is 7.74. The lowest BCUT2D eigenvalue weighted by Gasteiger charge is -2.15. The highest BCUT2D eigenvalue weighted by atomic mass is 35.5. The first kappa shape index (κ1) is 32.3. The van der Waals surface area contributed by atoms with Crippen molar-refractivity contribution in [2.45, 2.75) is 24.0 Å². The number of thioether (sulfide) groups is 1. The molecule has 9 nitrogen and oxygen atoms in total. The van der Waals surface area contributed by atoms with Gasteiger partial charge in [-0.25, -0.2) is 0 Å². The third-order valence-electron chi connectivity index (χ3n) is 6.26. The van der Waals surface area contributed by atoms with Crippen LogP contribution >= 0.6 is 35.0 Å². The van der Waals surface area contributed by atoms with Crippen LogP contribution in [0.5, 0.6) is 0 Å². The SMILES string of the molecule is Cc1cc([N+](=O)[O-])ccc1NC(=O)C(C)Sc1cccc(NC(=O)/C(=C\c2cccc(Cl)c2Cl)NC(=O)c2ccccc2)c1. The Labute approximate surface area is 267 Å². The Bertz CT molecular complexity index is 1770. The molecule has 224 valence electrons. The van der Waals surface area contributed by atoms with Gasteiger partial charge in [-0.2, -0.15) is 0 Å². The topological polar surface area (TPSA) is 130 Å². The average molecular weight is 650 g/mol. The molecule has 0 aliphatic rings. The maximum atomic E-state index is 13.4. The Hall–Kier alpha value is -4.64. The average Bonchev–Trinajstić information content (AvgIpc) is 3.00. The van der Waals surface area contributed by atoms with Gasteiger partial charge in [0.1, 0.15) is 5.70 Å². The molecule has 0 bridgehead atoms. The minimum atomic E-state index is -0.605. The normalized spacial score (nSPS) is 11.8. The molecule has 0 heterocycles. The Balaban J connectivity index is 1.49. The minimum absolute atomic E-state index is 0.0601. The van der Waals surface area contributed by atoms with E-state index in [0.29, 0.717) is 38.0 Å². The molecule has 0 saturated heterocycles. The number of rotatable bonds is 10. The zero-order chi connectivity index (χ0) is 31.8. The summed E-state index contributed by atoms with van der Waals surface area (Å²) in [7, 11) is 0. The zero-order valence-corrected chi connectivity index (χ0v) is 25.8. The van der Waals surface area contributed by atoms with Crippen LogP contribution in [0.3, 0.4) is 0 Å². The first-order valence-corrected chi connectivity index (χ1v) is 14.8. The van der Waals surface area contributed by atoms with Crippen molar-refractivity contribution >= 4 is 75.8 Å². The number of nitrogens with one attached hydrogen (secondary N) is 3. The number of nitro groups is 1. The van der Waals surface area contributed by atoms with Gasteiger partial charge < -0.3 is 16.0 Å². The first-order chi connectivity index (χ1) is 21.0. The van der Waals surface area contributed by atoms with Gasteiger partial charge in [0.2, 0.25) is 5.91 Å². The molecule has 4 rings (SSSR count). The highest BCUT2D eigenvalue weighted by Gasteiger charge is 2.19. The highest BCUT2D eigenvalue weighted by molar-refractivity contribution is 8.00. The molecular weight excluding hydrogens is 623 g/mol. The smallest absolute Gasteiger partial charge is 0.272 e. The van der Waals surface area contributed by atoms with Gasteiger partial charge in [0.05, 0.1) is 20.2 Å². The molecule has 0 aliphatic carbocycles. The number of carbonyl (C=O) groups is 3. The maximum absolute atomic E-state index is 13.4. The molecule has 0 radical (unpaired) electrons. The van der Waals surface area contributed by atoms with Crippen molar-refractivity contribution in [3.05, 3.63) is 134 Å². The van der Waals surface area contributed by atoms with Crippen molar-refractivity contribution in [3.63, 3.8) is 0 Å². The van der Waals surface area contributed by atoms with Crippen molar-refractivity contribution in [2.75, 3.05) is 10.6 Å². The molecule has 1 unspecified atom stereocenters. The number of nitro benzene ring substituents is 1. The summed E-state index contributed by atoms with van der Waals surface area (Å²) >= 11 is 13.8. The molecule has 3 amide bonds. The van der Waals surface area contributed by atoms with E-state index in [1.807, 2.05) is 0 Å². The molecule has 0 aromatic heterocycles. The second kappa shape index (κ2) is 14.7. The summed E-state index contributed by atoms with van der Waals surface area (Å²) in [6.07, 6.45) is 1.44. The molecule has 4 aromatic rings. The molecule has 0 aliphatic heterocycles. The number of benzene rings is 4. The van der Waals surface area contributed by atoms with Gasteiger partial charge in [-0.1, -0.05) is 59.6 Å². The number of hydrogen-bond acceptors (Lipinski definition) is 6. The maximum Gasteiger partial charge on any atom is 0.272 e. The number of anilines is 2. The van der Waals surface area contributed by atoms with Gasteiger partial charge in [0.25, 0.3) is 17.5 Å². The van der Waals surface area contributed by atoms with E-state index in [9.17, 15) is 24.5 Å². The van der Waals surface area contributed by atoms with Gasteiger partial charge in [-0.05, 0) is 73.5 Å². The van der Waals surface area contributed by atoms with E-state index in [-0.39, 0.29) is 22.3 Å². The minimum Gasteiger partial charge on any atom is -0.325 e. The van der Waals surface area contributed by atoms with Crippen LogP contribution in [0.15, 0.2) is 102 Å². The summed E-state index contributed by atoms with van der Waals surface area (Å²) in [6, 6.07) is 24.5. The Kier molecular flexibility index (Phi) is 10.8. The number of carbonyl (C=O) groups excluding carboxylic acids is 3. The number of nitrogens with zero attached hydrogens (tertiary/aromatic N) is 1. The van der Waals surface area contributed by atoms with E-state index in [1.54, 1.807) is 86.6 Å². The molecule has 0 saturated carbocycles. The standard InChI is InChI=1S/C32H26Cl2N4O5S/c1-19-16-24(38(42)43)14-15-27(19)36-30(39)20(2)44-25-12-7-11-23(18-25)35-32(41)28(17-22-10-6-13-26(33)29(22)34)37-31(40)21-8-4-3-5-9-21/h3-18,20H,1-2H3,(H,35,41)(H,36,39)(H,37,40)/b28-17+. The van der Waals surface area contributed by atoms with Crippen LogP contribution in [0, 0.1) is 17.0 Å². The molecule has 0 fully saturated rings. The summed E-state index contributed by atoms with van der Waals surface area (Å²) in [4.78, 5) is 50.5. The van der Waals surface area contributed by atoms with Crippen molar-refractivity contribution in [1.82, 2.24) is 5.32 Å². The van der Waals surface area contributed by atoms with Crippen molar-refractivity contribution < 1.29 is 19.3 Å². The quantitative estimate of drug-likeness (QED) is 0.0698. The summed E-state index contributed by atoms with van der Waals surface area (Å²) in [6.45, 7) is 3.40. The van der Waals surface area contributed by atoms with E-state index in [2.05, 4.69) is 16.0 Å². The fourth-order valence-electron chi connectivity index (χ4n) is 3.97. The van der Waals surface area contributed by atoms with Crippen molar-refractivity contribution in [1.29, 1.82) is 0 Å². The van der Waals surface area contributed by atoms with Crippen molar-refractivity contribution in [3.8, 4) is 0 Å². The van der Waals surface area contributed by atoms with Crippen molar-refractivity contribution in [2.24, 2.45) is 0 Å². The lowest BCUT2D eigenvalue weighted by Crippen LogP contribution is -2.30. The van der Waals surface area contributed by atoms with Crippen LogP contribution in [0.25, 0.3) is 6.08 Å². The molecule has 44 heavy (non-hydrogen) atoms. The summed E-state index contributed by atoms with van der Waals surface area (Å²) in [5.74, 6) is -1.39. The Morgan fingerprint density at radius 3 is 2.34 bits per heavy atom. The molecule has 1 atom stereocenters. The van der Waals surface area contributed by atoms with E-state index >= 15 is 0 Å². The third kappa shape index (κ3) is 8.47. The van der Waals surface area contributed by atoms with Crippen LogP contribution in [0.1, 0.15) is 28.4 Å². The fraction of sp³-hybridized carbons (Fsp3) is 0.0938. The van der Waals surface area contributed by atoms with Crippen LogP contribution in [0.2, 0.25) is 10.0 Å². The van der Waals surface area contributed by atoms with Crippen LogP contribution < -0.4 is 16.0 Å². The predicted molar refractivity (Wildman–Crippen MR) is 175 cm³/mol. The fourth-order valence-corrected chi connectivity index (χ4v) is 5.26. The van der Waals surface area contributed by atoms with Crippen LogP contribution in [-0.2, 0) is 9.59 Å². The van der Waals surface area contributed by atoms with Gasteiger partial charge in [0, 0.05) is 34.0 Å². The number of hydrogen-bond donors (Lipinski definition) is 3. The van der Waals surface area contributed by atoms with Gasteiger partial charge in [-0.15, -0.1) is 11.8 Å². The van der Waals surface area contributed by atoms with E-state index < -0.39 is 22.0 Å². The molecular formula is C32H26Cl2N4O5S. The largest absolute Gasteiger partial charge is 0.325 e. The third-order valence-corrected chi connectivity index (χ3v) is 8.19. The van der Waals surface area contributed by atoms with Gasteiger partial charge >= 0.3 is 0 Å². The number of non-ortho nitro benzene ring substituents is 1. The molecule has 12 heteroatoms. The first-order valence-electron chi connectivity index (χ1n) is 13.2. The lowest BCUT2D eigenvalue weighted by molar-refractivity contribution is -0.384. The molecule has 0 spiro atoms. The molecule has 3 N–H and O–H groups in total. The number of amides is 3. The summed E-state index contributed by atoms with van der Waals surface area (Å²) in [5.41, 5.74) is 2.14. The van der Waals surface area contributed by atoms with Gasteiger partial charge in [-0.3, -0.25) is 24.5 Å². The van der Waals surface area contributed by atoms with E-state index in [4.69, 9.17) is 23.2 Å². The van der Waals surface area contributed by atoms with E-state index in [0.717, 1.165) is 0 Å². The Morgan fingerprint density at radius 1 is 0.909 bits per heavy atom. The Morgan fingerprint density at radius 2 is 1.64 bits per heavy atom. The number of aryl methyl sites for hydroxylation is 1.